The molecule has 1 fully saturated rings. The molecule has 21 heavy (non-hydrogen) atoms. The van der Waals surface area contributed by atoms with Crippen molar-refractivity contribution < 1.29 is 19.6 Å². The van der Waals surface area contributed by atoms with Crippen molar-refractivity contribution in [2.45, 2.75) is 65.0 Å². The van der Waals surface area contributed by atoms with Crippen molar-refractivity contribution in [3.63, 3.8) is 0 Å². The van der Waals surface area contributed by atoms with Crippen molar-refractivity contribution in [2.24, 2.45) is 11.8 Å². The summed E-state index contributed by atoms with van der Waals surface area (Å²) in [4.78, 5) is 30.1. The molecule has 1 aliphatic rings. The molecule has 4 unspecified atom stereocenters. The van der Waals surface area contributed by atoms with E-state index in [0.717, 1.165) is 25.7 Å². The van der Waals surface area contributed by atoms with Crippen LogP contribution in [-0.2, 0) is 9.59 Å². The number of nitrogens with zero attached hydrogens (tertiary/aromatic N) is 1. The average Bonchev–Trinajstić information content (AvgIpc) is 2.47. The minimum atomic E-state index is -1.03. The molecular formula is C14H26N2O5. The lowest BCUT2D eigenvalue weighted by molar-refractivity contribution is -0.537. The van der Waals surface area contributed by atoms with E-state index in [-0.39, 0.29) is 11.0 Å². The number of hydrogen-bond acceptors (Lipinski definition) is 4. The van der Waals surface area contributed by atoms with Crippen molar-refractivity contribution in [1.29, 1.82) is 0 Å². The van der Waals surface area contributed by atoms with Gasteiger partial charge in [-0.2, -0.15) is 0 Å². The molecule has 0 aromatic rings. The summed E-state index contributed by atoms with van der Waals surface area (Å²) in [5.41, 5.74) is 0. The van der Waals surface area contributed by atoms with E-state index in [1.165, 1.54) is 13.3 Å². The number of carboxylic acids is 1. The fraction of sp³-hybridized carbons (Fsp3) is 0.857. The molecule has 0 aliphatic heterocycles. The molecule has 7 heteroatoms. The number of aliphatic carboxylic acids is 1. The zero-order chi connectivity index (χ0) is 16.4. The van der Waals surface area contributed by atoms with Gasteiger partial charge >= 0.3 is 5.97 Å². The third-order valence-electron chi connectivity index (χ3n) is 4.12. The Morgan fingerprint density at radius 3 is 2.38 bits per heavy atom. The Balaban J connectivity index is 0.000000433. The Labute approximate surface area is 125 Å². The summed E-state index contributed by atoms with van der Waals surface area (Å²) in [6.07, 6.45) is 5.49. The van der Waals surface area contributed by atoms with E-state index in [9.17, 15) is 19.7 Å². The smallest absolute Gasteiger partial charge is 0.325 e. The van der Waals surface area contributed by atoms with Crippen LogP contribution in [0.15, 0.2) is 0 Å². The van der Waals surface area contributed by atoms with Crippen molar-refractivity contribution in [1.82, 2.24) is 5.32 Å². The number of carboxylic acid groups (broad SMARTS) is 1. The maximum absolute atomic E-state index is 10.8. The molecule has 1 rings (SSSR count). The molecule has 4 atom stereocenters. The highest BCUT2D eigenvalue weighted by atomic mass is 16.6. The Kier molecular flexibility index (Phi) is 9.32. The highest BCUT2D eigenvalue weighted by Crippen LogP contribution is 2.33. The molecule has 0 heterocycles. The average molecular weight is 302 g/mol. The van der Waals surface area contributed by atoms with Crippen LogP contribution in [0.5, 0.6) is 0 Å². The highest BCUT2D eigenvalue weighted by molar-refractivity contribution is 5.75. The third-order valence-corrected chi connectivity index (χ3v) is 4.12. The second-order valence-corrected chi connectivity index (χ2v) is 5.53. The number of nitro groups is 1. The van der Waals surface area contributed by atoms with E-state index in [1.807, 2.05) is 0 Å². The topological polar surface area (TPSA) is 110 Å². The van der Waals surface area contributed by atoms with Crippen LogP contribution in [0.25, 0.3) is 0 Å². The van der Waals surface area contributed by atoms with E-state index < -0.39 is 12.0 Å². The molecule has 1 saturated carbocycles. The fourth-order valence-electron chi connectivity index (χ4n) is 2.54. The second-order valence-electron chi connectivity index (χ2n) is 5.53. The van der Waals surface area contributed by atoms with Gasteiger partial charge in [-0.1, -0.05) is 26.7 Å². The van der Waals surface area contributed by atoms with Crippen molar-refractivity contribution in [2.75, 3.05) is 0 Å². The van der Waals surface area contributed by atoms with Gasteiger partial charge in [-0.15, -0.1) is 0 Å². The van der Waals surface area contributed by atoms with Crippen LogP contribution in [0.4, 0.5) is 0 Å². The van der Waals surface area contributed by atoms with Crippen molar-refractivity contribution >= 4 is 12.4 Å². The summed E-state index contributed by atoms with van der Waals surface area (Å²) in [6, 6.07) is -1.05. The molecule has 1 aliphatic carbocycles. The van der Waals surface area contributed by atoms with Gasteiger partial charge in [0.25, 0.3) is 0 Å². The molecule has 122 valence electrons. The predicted octanol–water partition coefficient (Wildman–Crippen LogP) is 2.07. The monoisotopic (exact) mass is 302 g/mol. The Bertz CT molecular complexity index is 348. The van der Waals surface area contributed by atoms with Gasteiger partial charge in [0.1, 0.15) is 6.04 Å². The molecule has 0 aromatic heterocycles. The molecule has 0 bridgehead atoms. The summed E-state index contributed by atoms with van der Waals surface area (Å²) in [7, 11) is 0. The zero-order valence-electron chi connectivity index (χ0n) is 12.9. The van der Waals surface area contributed by atoms with E-state index in [1.54, 1.807) is 0 Å². The first-order valence-electron chi connectivity index (χ1n) is 7.41. The van der Waals surface area contributed by atoms with E-state index in [4.69, 9.17) is 5.11 Å². The molecule has 0 spiro atoms. The maximum atomic E-state index is 10.8. The van der Waals surface area contributed by atoms with Crippen LogP contribution >= 0.6 is 0 Å². The minimum Gasteiger partial charge on any atom is -0.480 e. The lowest BCUT2D eigenvalue weighted by Crippen LogP contribution is -2.35. The lowest BCUT2D eigenvalue weighted by atomic mass is 9.76. The summed E-state index contributed by atoms with van der Waals surface area (Å²) in [5, 5.41) is 20.9. The summed E-state index contributed by atoms with van der Waals surface area (Å²) in [6.45, 7) is 5.65. The largest absolute Gasteiger partial charge is 0.480 e. The Morgan fingerprint density at radius 2 is 2.00 bits per heavy atom. The van der Waals surface area contributed by atoms with Crippen LogP contribution < -0.4 is 5.32 Å². The molecular weight excluding hydrogens is 276 g/mol. The Hall–Kier alpha value is -1.66. The van der Waals surface area contributed by atoms with E-state index >= 15 is 0 Å². The summed E-state index contributed by atoms with van der Waals surface area (Å²) < 4.78 is 0. The maximum Gasteiger partial charge on any atom is 0.325 e. The number of carbonyl (C=O) groups is 2. The van der Waals surface area contributed by atoms with Gasteiger partial charge in [0.15, 0.2) is 0 Å². The third kappa shape index (κ3) is 7.06. The number of rotatable bonds is 6. The number of nitrogens with one attached hydrogen (secondary N) is 1. The fourth-order valence-corrected chi connectivity index (χ4v) is 2.54. The van der Waals surface area contributed by atoms with Gasteiger partial charge in [-0.25, -0.2) is 0 Å². The first-order chi connectivity index (χ1) is 9.84. The van der Waals surface area contributed by atoms with Crippen LogP contribution in [0.3, 0.4) is 0 Å². The Morgan fingerprint density at radius 1 is 1.43 bits per heavy atom. The van der Waals surface area contributed by atoms with Gasteiger partial charge in [-0.3, -0.25) is 19.7 Å². The standard InChI is InChI=1S/C10H19NO2.C4H7NO3/c1-3-8(2)9-6-4-5-7-10(9)11(12)13;1-3(4(7)8)5-2-6/h8-10H,3-7H2,1-2H3;2-3H,1H3,(H,5,6)(H,7,8). The van der Waals surface area contributed by atoms with Gasteiger partial charge in [0.2, 0.25) is 12.5 Å². The van der Waals surface area contributed by atoms with Crippen LogP contribution in [0, 0.1) is 22.0 Å². The van der Waals surface area contributed by atoms with E-state index in [2.05, 4.69) is 19.2 Å². The molecule has 2 N–H and O–H groups in total. The second kappa shape index (κ2) is 10.1. The lowest BCUT2D eigenvalue weighted by Gasteiger charge is -2.29. The van der Waals surface area contributed by atoms with Crippen LogP contribution in [0.2, 0.25) is 0 Å². The summed E-state index contributed by atoms with van der Waals surface area (Å²) in [5.74, 6) is -0.193. The number of hydrogen-bond donors (Lipinski definition) is 2. The molecule has 0 saturated heterocycles. The predicted molar refractivity (Wildman–Crippen MR) is 78.5 cm³/mol. The van der Waals surface area contributed by atoms with Crippen molar-refractivity contribution in [3.05, 3.63) is 10.1 Å². The first-order valence-corrected chi connectivity index (χ1v) is 7.41. The number of carbonyl (C=O) groups excluding carboxylic acids is 1. The van der Waals surface area contributed by atoms with Gasteiger partial charge < -0.3 is 10.4 Å². The van der Waals surface area contributed by atoms with Crippen LogP contribution in [0.1, 0.15) is 52.9 Å². The van der Waals surface area contributed by atoms with Gasteiger partial charge in [-0.05, 0) is 25.7 Å². The van der Waals surface area contributed by atoms with Gasteiger partial charge in [0, 0.05) is 17.3 Å². The van der Waals surface area contributed by atoms with Gasteiger partial charge in [0.05, 0.1) is 0 Å². The quantitative estimate of drug-likeness (QED) is 0.443. The first kappa shape index (κ1) is 19.3. The SMILES string of the molecule is CC(NC=O)C(=O)O.CCC(C)C1CCCCC1[N+](=O)[O-]. The minimum absolute atomic E-state index is 0.0595. The molecule has 1 amide bonds. The normalized spacial score (nSPS) is 24.0. The summed E-state index contributed by atoms with van der Waals surface area (Å²) >= 11 is 0. The molecule has 0 radical (unpaired) electrons. The van der Waals surface area contributed by atoms with Crippen LogP contribution in [-0.4, -0.2) is 34.5 Å². The molecule has 7 nitrogen and oxygen atoms in total. The van der Waals surface area contributed by atoms with E-state index in [0.29, 0.717) is 18.2 Å². The molecule has 0 aromatic carbocycles. The zero-order valence-corrected chi connectivity index (χ0v) is 12.9. The number of amides is 1. The van der Waals surface area contributed by atoms with Crippen molar-refractivity contribution in [3.8, 4) is 0 Å². The highest BCUT2D eigenvalue weighted by Gasteiger charge is 2.36.